The Morgan fingerprint density at radius 3 is 2.28 bits per heavy atom. The zero-order valence-corrected chi connectivity index (χ0v) is 17.9. The fraction of sp³-hybridized carbons (Fsp3) is 0.0909. The molecule has 0 saturated carbocycles. The molecule has 0 aromatic heterocycles. The number of benzene rings is 3. The first-order valence-electron chi connectivity index (χ1n) is 9.44. The van der Waals surface area contributed by atoms with Crippen molar-refractivity contribution in [1.82, 2.24) is 5.43 Å². The van der Waals surface area contributed by atoms with Crippen LogP contribution in [0.4, 0.5) is 11.4 Å². The van der Waals surface area contributed by atoms with Crippen molar-refractivity contribution in [1.29, 1.82) is 0 Å². The maximum absolute atomic E-state index is 12.7. The number of carbonyl (C=O) groups is 1. The molecule has 32 heavy (non-hydrogen) atoms. The second-order valence-corrected chi connectivity index (χ2v) is 8.73. The number of hydrogen-bond acceptors (Lipinski definition) is 6. The number of nitrogens with one attached hydrogen (secondary N) is 1. The number of rotatable bonds is 8. The lowest BCUT2D eigenvalue weighted by molar-refractivity contribution is -0.384. The van der Waals surface area contributed by atoms with E-state index in [9.17, 15) is 23.3 Å². The highest BCUT2D eigenvalue weighted by Gasteiger charge is 2.23. The molecule has 0 aliphatic carbocycles. The Kier molecular flexibility index (Phi) is 6.96. The lowest BCUT2D eigenvalue weighted by Gasteiger charge is -2.24. The molecule has 9 nitrogen and oxygen atoms in total. The molecule has 0 unspecified atom stereocenters. The van der Waals surface area contributed by atoms with E-state index >= 15 is 0 Å². The summed E-state index contributed by atoms with van der Waals surface area (Å²) < 4.78 is 26.2. The molecule has 3 aromatic rings. The molecule has 0 aliphatic rings. The number of carbonyl (C=O) groups excluding carboxylic acids is 1. The van der Waals surface area contributed by atoms with Gasteiger partial charge in [0.1, 0.15) is 0 Å². The van der Waals surface area contributed by atoms with Gasteiger partial charge in [-0.25, -0.2) is 13.8 Å². The van der Waals surface area contributed by atoms with E-state index in [-0.39, 0.29) is 23.5 Å². The fourth-order valence-electron chi connectivity index (χ4n) is 2.92. The summed E-state index contributed by atoms with van der Waals surface area (Å²) >= 11 is 0. The third-order valence-corrected chi connectivity index (χ3v) is 5.60. The van der Waals surface area contributed by atoms with E-state index in [1.165, 1.54) is 36.5 Å². The molecular weight excluding hydrogens is 432 g/mol. The molecule has 0 atom stereocenters. The van der Waals surface area contributed by atoms with Gasteiger partial charge in [0.2, 0.25) is 10.0 Å². The molecule has 1 amide bonds. The Morgan fingerprint density at radius 2 is 1.66 bits per heavy atom. The van der Waals surface area contributed by atoms with Crippen molar-refractivity contribution in [2.75, 3.05) is 10.6 Å². The number of hydrazone groups is 1. The van der Waals surface area contributed by atoms with Crippen LogP contribution in [-0.4, -0.2) is 31.7 Å². The van der Waals surface area contributed by atoms with E-state index in [4.69, 9.17) is 0 Å². The number of hydrogen-bond donors (Lipinski definition) is 1. The molecule has 3 aromatic carbocycles. The van der Waals surface area contributed by atoms with Crippen LogP contribution in [0.3, 0.4) is 0 Å². The summed E-state index contributed by atoms with van der Waals surface area (Å²) in [6, 6.07) is 21.0. The number of non-ortho nitro benzene ring substituents is 1. The second kappa shape index (κ2) is 9.84. The molecule has 0 saturated heterocycles. The Labute approximate surface area is 185 Å². The topological polar surface area (TPSA) is 122 Å². The summed E-state index contributed by atoms with van der Waals surface area (Å²) in [7, 11) is -3.69. The average molecular weight is 452 g/mol. The molecular formula is C22H20N4O5S. The molecule has 10 heteroatoms. The van der Waals surface area contributed by atoms with E-state index < -0.39 is 20.9 Å². The highest BCUT2D eigenvalue weighted by atomic mass is 32.2. The van der Waals surface area contributed by atoms with Gasteiger partial charge in [-0.3, -0.25) is 19.2 Å². The molecule has 0 radical (unpaired) electrons. The normalized spacial score (nSPS) is 11.3. The summed E-state index contributed by atoms with van der Waals surface area (Å²) in [5.74, 6) is -0.597. The lowest BCUT2D eigenvalue weighted by atomic mass is 10.1. The lowest BCUT2D eigenvalue weighted by Crippen LogP contribution is -2.32. The number of para-hydroxylation sites is 1. The van der Waals surface area contributed by atoms with Crippen LogP contribution in [0.15, 0.2) is 84.0 Å². The summed E-state index contributed by atoms with van der Waals surface area (Å²) in [5, 5.41) is 14.6. The molecule has 1 N–H and O–H groups in total. The van der Waals surface area contributed by atoms with Crippen LogP contribution < -0.4 is 9.73 Å². The molecule has 0 heterocycles. The minimum atomic E-state index is -3.69. The number of nitro benzene ring substituents is 1. The first-order chi connectivity index (χ1) is 15.3. The van der Waals surface area contributed by atoms with E-state index in [0.29, 0.717) is 5.56 Å². The summed E-state index contributed by atoms with van der Waals surface area (Å²) in [6.45, 7) is 0.0655. The van der Waals surface area contributed by atoms with Crippen molar-refractivity contribution in [3.05, 3.63) is 106 Å². The maximum atomic E-state index is 12.7. The number of anilines is 1. The predicted octanol–water partition coefficient (Wildman–Crippen LogP) is 3.32. The van der Waals surface area contributed by atoms with E-state index in [0.717, 1.165) is 16.1 Å². The van der Waals surface area contributed by atoms with Gasteiger partial charge in [-0.1, -0.05) is 42.5 Å². The Morgan fingerprint density at radius 1 is 1.03 bits per heavy atom. The largest absolute Gasteiger partial charge is 0.273 e. The van der Waals surface area contributed by atoms with Crippen LogP contribution in [0.2, 0.25) is 0 Å². The summed E-state index contributed by atoms with van der Waals surface area (Å²) in [4.78, 5) is 22.9. The quantitative estimate of drug-likeness (QED) is 0.319. The van der Waals surface area contributed by atoms with Crippen molar-refractivity contribution in [2.24, 2.45) is 5.10 Å². The van der Waals surface area contributed by atoms with Gasteiger partial charge >= 0.3 is 0 Å². The standard InChI is InChI=1S/C22H20N4O5S/c1-32(30,31)25(16-18-7-3-2-4-8-18)21-10-6-5-9-20(21)22(27)24-23-15-17-11-13-19(14-12-17)26(28)29/h2-15H,16H2,1H3,(H,24,27)/b23-15+. The smallest absolute Gasteiger partial charge is 0.267 e. The van der Waals surface area contributed by atoms with Crippen LogP contribution >= 0.6 is 0 Å². The Bertz CT molecular complexity index is 1240. The van der Waals surface area contributed by atoms with E-state index in [1.807, 2.05) is 6.07 Å². The molecule has 0 bridgehead atoms. The molecule has 164 valence electrons. The Hall–Kier alpha value is -4.05. The number of sulfonamides is 1. The number of nitro groups is 1. The second-order valence-electron chi connectivity index (χ2n) is 6.82. The van der Waals surface area contributed by atoms with Crippen LogP contribution in [0.1, 0.15) is 21.5 Å². The van der Waals surface area contributed by atoms with Gasteiger partial charge in [-0.2, -0.15) is 5.10 Å². The molecule has 0 spiro atoms. The molecule has 3 rings (SSSR count). The summed E-state index contributed by atoms with van der Waals surface area (Å²) in [5.41, 5.74) is 3.99. The van der Waals surface area contributed by atoms with Gasteiger partial charge < -0.3 is 0 Å². The van der Waals surface area contributed by atoms with Crippen LogP contribution in [0.25, 0.3) is 0 Å². The third kappa shape index (κ3) is 5.76. The van der Waals surface area contributed by atoms with Gasteiger partial charge in [-0.15, -0.1) is 0 Å². The SMILES string of the molecule is CS(=O)(=O)N(Cc1ccccc1)c1ccccc1C(=O)N/N=C/c1ccc([N+](=O)[O-])cc1. The van der Waals surface area contributed by atoms with Gasteiger partial charge in [0.15, 0.2) is 0 Å². The summed E-state index contributed by atoms with van der Waals surface area (Å²) in [6.07, 6.45) is 2.42. The average Bonchev–Trinajstić information content (AvgIpc) is 2.78. The van der Waals surface area contributed by atoms with Gasteiger partial charge in [0.05, 0.1) is 35.2 Å². The maximum Gasteiger partial charge on any atom is 0.273 e. The first-order valence-corrected chi connectivity index (χ1v) is 11.3. The van der Waals surface area contributed by atoms with Gasteiger partial charge in [0.25, 0.3) is 11.6 Å². The van der Waals surface area contributed by atoms with Gasteiger partial charge in [-0.05, 0) is 35.4 Å². The van der Waals surface area contributed by atoms with Crippen molar-refractivity contribution < 1.29 is 18.1 Å². The van der Waals surface area contributed by atoms with E-state index in [1.54, 1.807) is 42.5 Å². The molecule has 0 aliphatic heterocycles. The van der Waals surface area contributed by atoms with Crippen LogP contribution in [-0.2, 0) is 16.6 Å². The van der Waals surface area contributed by atoms with Crippen LogP contribution in [0, 0.1) is 10.1 Å². The third-order valence-electron chi connectivity index (χ3n) is 4.47. The highest BCUT2D eigenvalue weighted by Crippen LogP contribution is 2.25. The van der Waals surface area contributed by atoms with Crippen molar-refractivity contribution in [3.63, 3.8) is 0 Å². The predicted molar refractivity (Wildman–Crippen MR) is 122 cm³/mol. The fourth-order valence-corrected chi connectivity index (χ4v) is 3.82. The van der Waals surface area contributed by atoms with Crippen molar-refractivity contribution in [2.45, 2.75) is 6.54 Å². The zero-order chi connectivity index (χ0) is 23.1. The Balaban J connectivity index is 1.82. The minimum absolute atomic E-state index is 0.0561. The van der Waals surface area contributed by atoms with Crippen molar-refractivity contribution >= 4 is 33.5 Å². The number of nitrogens with zero attached hydrogens (tertiary/aromatic N) is 3. The first kappa shape index (κ1) is 22.6. The van der Waals surface area contributed by atoms with E-state index in [2.05, 4.69) is 10.5 Å². The molecule has 0 fully saturated rings. The highest BCUT2D eigenvalue weighted by molar-refractivity contribution is 7.92. The van der Waals surface area contributed by atoms with Crippen molar-refractivity contribution in [3.8, 4) is 0 Å². The minimum Gasteiger partial charge on any atom is -0.267 e. The van der Waals surface area contributed by atoms with Gasteiger partial charge in [0, 0.05) is 12.1 Å². The number of amides is 1. The van der Waals surface area contributed by atoms with Crippen LogP contribution in [0.5, 0.6) is 0 Å². The zero-order valence-electron chi connectivity index (χ0n) is 17.1. The monoisotopic (exact) mass is 452 g/mol.